The maximum atomic E-state index is 12.5. The van der Waals surface area contributed by atoms with Crippen LogP contribution in [0.15, 0.2) is 0 Å². The molecule has 1 N–H and O–H groups in total. The summed E-state index contributed by atoms with van der Waals surface area (Å²) in [5.74, 6) is -4.56. The molecule has 0 spiro atoms. The fourth-order valence-electron chi connectivity index (χ4n) is 0.920. The predicted octanol–water partition coefficient (Wildman–Crippen LogP) is 1.62. The van der Waals surface area contributed by atoms with E-state index in [2.05, 4.69) is 9.47 Å². The first kappa shape index (κ1) is 14.5. The maximum absolute atomic E-state index is 12.5. The first-order chi connectivity index (χ1) is 6.70. The van der Waals surface area contributed by atoms with E-state index in [9.17, 15) is 18.0 Å². The third-order valence-electron chi connectivity index (χ3n) is 1.81. The SMILES string of the molecule is COC(CC(Cl)C(=O)O)(OC)C(F)(F)F. The lowest BCUT2D eigenvalue weighted by Crippen LogP contribution is -2.51. The van der Waals surface area contributed by atoms with E-state index < -0.39 is 29.7 Å². The van der Waals surface area contributed by atoms with Crippen LogP contribution in [0.2, 0.25) is 0 Å². The monoisotopic (exact) mass is 250 g/mol. The number of methoxy groups -OCH3 is 2. The van der Waals surface area contributed by atoms with Crippen LogP contribution in [-0.4, -0.2) is 42.6 Å². The molecular formula is C7H10ClF3O4. The van der Waals surface area contributed by atoms with Crippen LogP contribution in [0.25, 0.3) is 0 Å². The molecule has 0 amide bonds. The summed E-state index contributed by atoms with van der Waals surface area (Å²) in [7, 11) is 1.53. The van der Waals surface area contributed by atoms with Crippen molar-refractivity contribution in [1.82, 2.24) is 0 Å². The molecule has 0 aliphatic rings. The Labute approximate surface area is 88.9 Å². The Balaban J connectivity index is 4.88. The minimum absolute atomic E-state index is 0.766. The number of hydrogen-bond acceptors (Lipinski definition) is 3. The smallest absolute Gasteiger partial charge is 0.443 e. The third-order valence-corrected chi connectivity index (χ3v) is 2.15. The highest BCUT2D eigenvalue weighted by molar-refractivity contribution is 6.29. The highest BCUT2D eigenvalue weighted by Crippen LogP contribution is 2.38. The van der Waals surface area contributed by atoms with Crippen molar-refractivity contribution in [1.29, 1.82) is 0 Å². The van der Waals surface area contributed by atoms with Crippen LogP contribution in [0.4, 0.5) is 13.2 Å². The van der Waals surface area contributed by atoms with Gasteiger partial charge >= 0.3 is 12.1 Å². The van der Waals surface area contributed by atoms with Crippen molar-refractivity contribution in [3.8, 4) is 0 Å². The molecule has 0 aromatic heterocycles. The second-order valence-electron chi connectivity index (χ2n) is 2.67. The lowest BCUT2D eigenvalue weighted by atomic mass is 10.1. The number of ether oxygens (including phenoxy) is 2. The lowest BCUT2D eigenvalue weighted by Gasteiger charge is -2.33. The summed E-state index contributed by atoms with van der Waals surface area (Å²) in [6, 6.07) is 0. The van der Waals surface area contributed by atoms with Gasteiger partial charge in [-0.25, -0.2) is 0 Å². The summed E-state index contributed by atoms with van der Waals surface area (Å²) in [5, 5.41) is 6.65. The highest BCUT2D eigenvalue weighted by atomic mass is 35.5. The minimum Gasteiger partial charge on any atom is -0.480 e. The molecule has 15 heavy (non-hydrogen) atoms. The second kappa shape index (κ2) is 5.00. The molecule has 0 saturated heterocycles. The molecule has 0 bridgehead atoms. The fourth-order valence-corrected chi connectivity index (χ4v) is 1.12. The molecule has 0 aromatic carbocycles. The van der Waals surface area contributed by atoms with Crippen LogP contribution >= 0.6 is 11.6 Å². The summed E-state index contributed by atoms with van der Waals surface area (Å²) in [5.41, 5.74) is 0. The van der Waals surface area contributed by atoms with Crippen LogP contribution in [0.3, 0.4) is 0 Å². The summed E-state index contributed by atoms with van der Waals surface area (Å²) in [6.07, 6.45) is -5.89. The van der Waals surface area contributed by atoms with Crippen molar-refractivity contribution >= 4 is 17.6 Å². The van der Waals surface area contributed by atoms with Crippen molar-refractivity contribution in [2.45, 2.75) is 23.8 Å². The van der Waals surface area contributed by atoms with E-state index in [0.717, 1.165) is 14.2 Å². The Bertz CT molecular complexity index is 227. The van der Waals surface area contributed by atoms with Gasteiger partial charge in [0.1, 0.15) is 5.38 Å². The molecule has 1 atom stereocenters. The molecule has 0 aliphatic heterocycles. The van der Waals surface area contributed by atoms with Gasteiger partial charge in [-0.05, 0) is 0 Å². The zero-order valence-corrected chi connectivity index (χ0v) is 8.72. The number of carboxylic acids is 1. The molecule has 0 fully saturated rings. The Morgan fingerprint density at radius 2 is 1.80 bits per heavy atom. The van der Waals surface area contributed by atoms with Crippen molar-refractivity contribution in [3.63, 3.8) is 0 Å². The van der Waals surface area contributed by atoms with Crippen molar-refractivity contribution in [2.75, 3.05) is 14.2 Å². The van der Waals surface area contributed by atoms with Crippen molar-refractivity contribution < 1.29 is 32.5 Å². The van der Waals surface area contributed by atoms with Crippen LogP contribution < -0.4 is 0 Å². The quantitative estimate of drug-likeness (QED) is 0.595. The number of hydrogen-bond donors (Lipinski definition) is 1. The third kappa shape index (κ3) is 3.22. The average molecular weight is 251 g/mol. The molecule has 0 radical (unpaired) electrons. The zero-order chi connectivity index (χ0) is 12.3. The lowest BCUT2D eigenvalue weighted by molar-refractivity contribution is -0.368. The molecule has 0 aromatic rings. The van der Waals surface area contributed by atoms with Crippen LogP contribution in [0, 0.1) is 0 Å². The molecule has 0 heterocycles. The topological polar surface area (TPSA) is 55.8 Å². The second-order valence-corrected chi connectivity index (χ2v) is 3.20. The average Bonchev–Trinajstić information content (AvgIpc) is 2.11. The van der Waals surface area contributed by atoms with Gasteiger partial charge in [-0.2, -0.15) is 13.2 Å². The van der Waals surface area contributed by atoms with Crippen LogP contribution in [0.1, 0.15) is 6.42 Å². The van der Waals surface area contributed by atoms with Gasteiger partial charge in [0.25, 0.3) is 5.79 Å². The molecular weight excluding hydrogens is 241 g/mol. The van der Waals surface area contributed by atoms with E-state index in [1.807, 2.05) is 0 Å². The number of rotatable bonds is 5. The Hall–Kier alpha value is -0.530. The summed E-state index contributed by atoms with van der Waals surface area (Å²) < 4.78 is 45.8. The molecule has 0 aliphatic carbocycles. The van der Waals surface area contributed by atoms with Crippen LogP contribution in [0.5, 0.6) is 0 Å². The summed E-state index contributed by atoms with van der Waals surface area (Å²) >= 11 is 5.20. The standard InChI is InChI=1S/C7H10ClF3O4/c1-14-6(15-2,7(9,10)11)3-4(8)5(12)13/h4H,3H2,1-2H3,(H,12,13). The van der Waals surface area contributed by atoms with E-state index in [4.69, 9.17) is 16.7 Å². The first-order valence-corrected chi connectivity index (χ1v) is 4.17. The normalized spacial score (nSPS) is 15.1. The highest BCUT2D eigenvalue weighted by Gasteiger charge is 2.58. The number of alkyl halides is 4. The maximum Gasteiger partial charge on any atom is 0.443 e. The van der Waals surface area contributed by atoms with Gasteiger partial charge in [0, 0.05) is 20.6 Å². The van der Waals surface area contributed by atoms with E-state index in [-0.39, 0.29) is 0 Å². The number of aliphatic carboxylic acids is 1. The molecule has 4 nitrogen and oxygen atoms in total. The van der Waals surface area contributed by atoms with Crippen molar-refractivity contribution in [2.24, 2.45) is 0 Å². The zero-order valence-electron chi connectivity index (χ0n) is 7.97. The van der Waals surface area contributed by atoms with E-state index >= 15 is 0 Å². The number of carboxylic acid groups (broad SMARTS) is 1. The summed E-state index contributed by atoms with van der Waals surface area (Å²) in [4.78, 5) is 10.3. The van der Waals surface area contributed by atoms with Gasteiger partial charge in [-0.1, -0.05) is 0 Å². The van der Waals surface area contributed by atoms with Crippen LogP contribution in [-0.2, 0) is 14.3 Å². The number of halogens is 4. The first-order valence-electron chi connectivity index (χ1n) is 3.74. The summed E-state index contributed by atoms with van der Waals surface area (Å²) in [6.45, 7) is 0. The fraction of sp³-hybridized carbons (Fsp3) is 0.857. The molecule has 8 heteroatoms. The largest absolute Gasteiger partial charge is 0.480 e. The van der Waals surface area contributed by atoms with Gasteiger partial charge < -0.3 is 14.6 Å². The molecule has 0 saturated carbocycles. The Morgan fingerprint density at radius 3 is 2.00 bits per heavy atom. The molecule has 0 rings (SSSR count). The molecule has 1 unspecified atom stereocenters. The van der Waals surface area contributed by atoms with E-state index in [0.29, 0.717) is 0 Å². The minimum atomic E-state index is -4.86. The van der Waals surface area contributed by atoms with Crippen molar-refractivity contribution in [3.05, 3.63) is 0 Å². The van der Waals surface area contributed by atoms with E-state index in [1.165, 1.54) is 0 Å². The van der Waals surface area contributed by atoms with Gasteiger partial charge in [-0.15, -0.1) is 11.6 Å². The van der Waals surface area contributed by atoms with Gasteiger partial charge in [0.05, 0.1) is 0 Å². The van der Waals surface area contributed by atoms with E-state index in [1.54, 1.807) is 0 Å². The molecule has 90 valence electrons. The van der Waals surface area contributed by atoms with Gasteiger partial charge in [0.2, 0.25) is 0 Å². The Kier molecular flexibility index (Phi) is 4.82. The Morgan fingerprint density at radius 1 is 1.40 bits per heavy atom. The van der Waals surface area contributed by atoms with Gasteiger partial charge in [0.15, 0.2) is 0 Å². The van der Waals surface area contributed by atoms with Gasteiger partial charge in [-0.3, -0.25) is 4.79 Å². The predicted molar refractivity (Wildman–Crippen MR) is 44.7 cm³/mol. The number of carbonyl (C=O) groups is 1.